The van der Waals surface area contributed by atoms with Crippen LogP contribution in [0.3, 0.4) is 0 Å². The van der Waals surface area contributed by atoms with Crippen molar-refractivity contribution in [2.24, 2.45) is 5.92 Å². The Morgan fingerprint density at radius 3 is 2.71 bits per heavy atom. The van der Waals surface area contributed by atoms with Crippen LogP contribution in [0.15, 0.2) is 15.7 Å². The summed E-state index contributed by atoms with van der Waals surface area (Å²) in [4.78, 5) is 30.8. The van der Waals surface area contributed by atoms with Gasteiger partial charge in [-0.3, -0.25) is 9.36 Å². The van der Waals surface area contributed by atoms with Gasteiger partial charge in [0.2, 0.25) is 6.54 Å². The van der Waals surface area contributed by atoms with E-state index in [1.807, 2.05) is 0 Å². The van der Waals surface area contributed by atoms with Gasteiger partial charge >= 0.3 is 5.69 Å². The van der Waals surface area contributed by atoms with Gasteiger partial charge in [-0.25, -0.2) is 15.8 Å². The van der Waals surface area contributed by atoms with Gasteiger partial charge < -0.3 is 20.9 Å². The zero-order chi connectivity index (χ0) is 21.9. The lowest BCUT2D eigenvalue weighted by Crippen LogP contribution is -2.45. The molecule has 5 rings (SSSR count). The van der Waals surface area contributed by atoms with E-state index in [2.05, 4.69) is 15.1 Å². The normalized spacial score (nSPS) is 22.1. The molecule has 9 heteroatoms. The molecule has 1 unspecified atom stereocenters. The summed E-state index contributed by atoms with van der Waals surface area (Å²) in [5.74, 6) is 5.65. The quantitative estimate of drug-likeness (QED) is 0.415. The van der Waals surface area contributed by atoms with Crippen LogP contribution < -0.4 is 27.3 Å². The molecule has 2 heterocycles. The Morgan fingerprint density at radius 1 is 1.32 bits per heavy atom. The molecule has 1 aliphatic heterocycles. The van der Waals surface area contributed by atoms with Gasteiger partial charge in [-0.15, -0.1) is 0 Å². The highest BCUT2D eigenvalue weighted by Gasteiger charge is 2.51. The van der Waals surface area contributed by atoms with Gasteiger partial charge in [0.05, 0.1) is 23.1 Å². The Bertz CT molecular complexity index is 1220. The first-order chi connectivity index (χ1) is 14.9. The van der Waals surface area contributed by atoms with Gasteiger partial charge in [0, 0.05) is 30.2 Å². The molecule has 2 aromatic rings. The lowest BCUT2D eigenvalue weighted by Gasteiger charge is -2.27. The van der Waals surface area contributed by atoms with E-state index in [4.69, 9.17) is 12.4 Å². The molecule has 1 aromatic heterocycles. The standard InChI is InChI=1S/C22H27FN6O2/c1-13-18-16(20(30)29(24)21(31)28(18)15-3-4-15)11-17(23)19(13)27-10-5-14(12-27)22(6-7-22)26-9-8-25-2/h11,14-15,26H,3-10,12,24H2,1H3. The number of nitrogen functional groups attached to an aromatic ring is 1. The Kier molecular flexibility index (Phi) is 4.59. The molecule has 0 spiro atoms. The highest BCUT2D eigenvalue weighted by molar-refractivity contribution is 5.87. The molecule has 3 N–H and O–H groups in total. The van der Waals surface area contributed by atoms with E-state index in [1.165, 1.54) is 6.07 Å². The number of anilines is 1. The largest absolute Gasteiger partial charge is 0.369 e. The second-order valence-electron chi connectivity index (χ2n) is 9.18. The number of benzene rings is 1. The summed E-state index contributed by atoms with van der Waals surface area (Å²) in [6, 6.07) is 1.26. The number of hydrogen-bond acceptors (Lipinski definition) is 5. The molecule has 2 saturated carbocycles. The van der Waals surface area contributed by atoms with E-state index in [0.29, 0.717) is 40.5 Å². The molecule has 1 saturated heterocycles. The van der Waals surface area contributed by atoms with Gasteiger partial charge in [0.1, 0.15) is 5.82 Å². The van der Waals surface area contributed by atoms with Crippen molar-refractivity contribution in [3.63, 3.8) is 0 Å². The third kappa shape index (κ3) is 3.12. The van der Waals surface area contributed by atoms with Gasteiger partial charge in [-0.1, -0.05) is 0 Å². The highest BCUT2D eigenvalue weighted by Crippen LogP contribution is 2.47. The molecule has 164 valence electrons. The van der Waals surface area contributed by atoms with Gasteiger partial charge in [-0.2, -0.15) is 4.68 Å². The Morgan fingerprint density at radius 2 is 2.06 bits per heavy atom. The van der Waals surface area contributed by atoms with E-state index >= 15 is 4.39 Å². The van der Waals surface area contributed by atoms with Crippen molar-refractivity contribution in [1.82, 2.24) is 14.6 Å². The number of nitrogens with one attached hydrogen (secondary N) is 1. The zero-order valence-electron chi connectivity index (χ0n) is 17.7. The molecule has 31 heavy (non-hydrogen) atoms. The Hall–Kier alpha value is -2.86. The molecule has 0 bridgehead atoms. The second kappa shape index (κ2) is 7.09. The number of aromatic nitrogens is 2. The first-order valence-corrected chi connectivity index (χ1v) is 11.0. The van der Waals surface area contributed by atoms with Crippen molar-refractivity contribution in [1.29, 1.82) is 0 Å². The molecule has 1 atom stereocenters. The van der Waals surface area contributed by atoms with E-state index in [0.717, 1.165) is 45.2 Å². The van der Waals surface area contributed by atoms with E-state index < -0.39 is 17.1 Å². The maximum atomic E-state index is 15.3. The topological polar surface area (TPSA) is 89.7 Å². The van der Waals surface area contributed by atoms with Crippen molar-refractivity contribution in [2.45, 2.75) is 50.6 Å². The Balaban J connectivity index is 1.54. The van der Waals surface area contributed by atoms with Gasteiger partial charge in [0.25, 0.3) is 5.56 Å². The van der Waals surface area contributed by atoms with Crippen LogP contribution in [0.2, 0.25) is 0 Å². The number of nitrogens with zero attached hydrogens (tertiary/aromatic N) is 4. The minimum atomic E-state index is -0.661. The molecular weight excluding hydrogens is 399 g/mol. The monoisotopic (exact) mass is 426 g/mol. The summed E-state index contributed by atoms with van der Waals surface area (Å²) in [5, 5.41) is 3.72. The summed E-state index contributed by atoms with van der Waals surface area (Å²) in [5.41, 5.74) is 0.476. The molecule has 2 aliphatic carbocycles. The van der Waals surface area contributed by atoms with E-state index in [9.17, 15) is 9.59 Å². The summed E-state index contributed by atoms with van der Waals surface area (Å²) in [7, 11) is 0. The van der Waals surface area contributed by atoms with Crippen LogP contribution in [0.4, 0.5) is 10.1 Å². The average molecular weight is 426 g/mol. The van der Waals surface area contributed by atoms with E-state index in [1.54, 1.807) is 11.5 Å². The number of fused-ring (bicyclic) bond motifs is 1. The molecule has 1 aromatic carbocycles. The summed E-state index contributed by atoms with van der Waals surface area (Å²) in [6.07, 6.45) is 4.82. The molecule has 3 fully saturated rings. The van der Waals surface area contributed by atoms with Crippen LogP contribution in [-0.2, 0) is 0 Å². The van der Waals surface area contributed by atoms with Crippen molar-refractivity contribution < 1.29 is 4.39 Å². The maximum Gasteiger partial charge on any atom is 0.350 e. The van der Waals surface area contributed by atoms with Crippen molar-refractivity contribution >= 4 is 16.6 Å². The third-order valence-corrected chi connectivity index (χ3v) is 7.25. The summed E-state index contributed by atoms with van der Waals surface area (Å²) < 4.78 is 17.5. The number of hydrogen-bond donors (Lipinski definition) is 2. The average Bonchev–Trinajstić information content (AvgIpc) is 3.67. The van der Waals surface area contributed by atoms with Crippen LogP contribution in [0, 0.1) is 25.2 Å². The van der Waals surface area contributed by atoms with E-state index in [-0.39, 0.29) is 17.0 Å². The number of halogens is 1. The molecule has 3 aliphatic rings. The van der Waals surface area contributed by atoms with Crippen molar-refractivity contribution in [3.05, 3.63) is 49.7 Å². The minimum absolute atomic E-state index is 0.00937. The fourth-order valence-corrected chi connectivity index (χ4v) is 5.36. The SMILES string of the molecule is [C-]#[N+]CCNC1(C2CCN(c3c(F)cc4c(=O)n(N)c(=O)n(C5CC5)c4c3C)C2)CC1. The first kappa shape index (κ1) is 20.1. The fourth-order valence-electron chi connectivity index (χ4n) is 5.36. The molecule has 0 amide bonds. The van der Waals surface area contributed by atoms with Gasteiger partial charge in [0.15, 0.2) is 0 Å². The molecule has 8 nitrogen and oxygen atoms in total. The number of aryl methyl sites for hydroxylation is 1. The Labute approximate surface area is 179 Å². The third-order valence-electron chi connectivity index (χ3n) is 7.25. The van der Waals surface area contributed by atoms with Crippen LogP contribution in [0.25, 0.3) is 15.7 Å². The highest BCUT2D eigenvalue weighted by atomic mass is 19.1. The van der Waals surface area contributed by atoms with Crippen molar-refractivity contribution in [3.8, 4) is 0 Å². The number of nitrogens with two attached hydrogens (primary N) is 1. The van der Waals surface area contributed by atoms with Crippen LogP contribution in [0.1, 0.15) is 43.7 Å². The smallest absolute Gasteiger partial charge is 0.350 e. The second-order valence-corrected chi connectivity index (χ2v) is 9.18. The first-order valence-electron chi connectivity index (χ1n) is 11.0. The van der Waals surface area contributed by atoms with Crippen LogP contribution in [0.5, 0.6) is 0 Å². The van der Waals surface area contributed by atoms with Crippen molar-refractivity contribution in [2.75, 3.05) is 36.9 Å². The predicted molar refractivity (Wildman–Crippen MR) is 117 cm³/mol. The minimum Gasteiger partial charge on any atom is -0.369 e. The number of rotatable bonds is 6. The lowest BCUT2D eigenvalue weighted by molar-refractivity contribution is 0.363. The molecule has 0 radical (unpaired) electrons. The summed E-state index contributed by atoms with van der Waals surface area (Å²) >= 11 is 0. The fraction of sp³-hybridized carbons (Fsp3) is 0.591. The van der Waals surface area contributed by atoms with Crippen LogP contribution >= 0.6 is 0 Å². The van der Waals surface area contributed by atoms with Gasteiger partial charge in [-0.05, 0) is 51.0 Å². The van der Waals surface area contributed by atoms with Crippen LogP contribution in [-0.4, -0.2) is 41.0 Å². The zero-order valence-corrected chi connectivity index (χ0v) is 17.7. The molecular formula is C22H27FN6O2. The summed E-state index contributed by atoms with van der Waals surface area (Å²) in [6.45, 7) is 11.4. The predicted octanol–water partition coefficient (Wildman–Crippen LogP) is 1.53. The maximum absolute atomic E-state index is 15.3. The lowest BCUT2D eigenvalue weighted by atomic mass is 9.96.